The standard InChI is InChI=1S/C29H36N2S/c1-23-22-30-26(18-17-25-13-10-12-24-11-6-7-16-28(24)25)21-29(23,31-19-8-3-9-20-31)32-27-14-4-2-5-15-27/h6-7,10-13,16-18,22,27H,2-5,8-9,14-15,19-21H2,1H3. The lowest BCUT2D eigenvalue weighted by Gasteiger charge is -2.49. The molecule has 0 radical (unpaired) electrons. The Bertz CT molecular complexity index is 1020. The molecule has 0 spiro atoms. The molecule has 32 heavy (non-hydrogen) atoms. The number of thioether (sulfide) groups is 1. The second kappa shape index (κ2) is 9.97. The predicted octanol–water partition coefficient (Wildman–Crippen LogP) is 7.85. The van der Waals surface area contributed by atoms with Gasteiger partial charge in [0.05, 0.1) is 4.87 Å². The Morgan fingerprint density at radius 1 is 0.906 bits per heavy atom. The zero-order chi connectivity index (χ0) is 21.8. The van der Waals surface area contributed by atoms with Crippen LogP contribution in [0.15, 0.2) is 65.3 Å². The number of rotatable bonds is 5. The van der Waals surface area contributed by atoms with E-state index in [0.717, 1.165) is 11.7 Å². The quantitative estimate of drug-likeness (QED) is 0.466. The second-order valence-electron chi connectivity index (χ2n) is 9.72. The van der Waals surface area contributed by atoms with E-state index in [1.165, 1.54) is 92.1 Å². The molecular formula is C29H36N2S. The maximum absolute atomic E-state index is 4.92. The molecular weight excluding hydrogens is 408 g/mol. The predicted molar refractivity (Wildman–Crippen MR) is 141 cm³/mol. The molecule has 2 fully saturated rings. The van der Waals surface area contributed by atoms with Gasteiger partial charge in [-0.3, -0.25) is 9.89 Å². The molecule has 1 unspecified atom stereocenters. The summed E-state index contributed by atoms with van der Waals surface area (Å²) in [7, 11) is 0. The number of allylic oxidation sites excluding steroid dienone is 1. The molecule has 2 aromatic carbocycles. The topological polar surface area (TPSA) is 15.6 Å². The minimum absolute atomic E-state index is 0.0859. The molecule has 5 rings (SSSR count). The largest absolute Gasteiger partial charge is 0.285 e. The van der Waals surface area contributed by atoms with Crippen molar-refractivity contribution in [2.45, 2.75) is 74.8 Å². The van der Waals surface area contributed by atoms with Crippen LogP contribution in [-0.2, 0) is 0 Å². The van der Waals surface area contributed by atoms with E-state index in [4.69, 9.17) is 4.99 Å². The van der Waals surface area contributed by atoms with E-state index in [2.05, 4.69) is 84.4 Å². The van der Waals surface area contributed by atoms with E-state index in [1.807, 2.05) is 0 Å². The summed E-state index contributed by atoms with van der Waals surface area (Å²) in [5, 5.41) is 3.40. The molecule has 0 aromatic heterocycles. The highest BCUT2D eigenvalue weighted by molar-refractivity contribution is 8.01. The van der Waals surface area contributed by atoms with Crippen molar-refractivity contribution in [3.63, 3.8) is 0 Å². The number of nitrogens with zero attached hydrogens (tertiary/aromatic N) is 2. The molecule has 2 aliphatic heterocycles. The van der Waals surface area contributed by atoms with Gasteiger partial charge in [-0.25, -0.2) is 0 Å². The third-order valence-electron chi connectivity index (χ3n) is 7.52. The summed E-state index contributed by atoms with van der Waals surface area (Å²) < 4.78 is 0. The highest BCUT2D eigenvalue weighted by atomic mass is 32.2. The van der Waals surface area contributed by atoms with Gasteiger partial charge in [-0.2, -0.15) is 0 Å². The fourth-order valence-electron chi connectivity index (χ4n) is 5.68. The normalized spacial score (nSPS) is 25.8. The van der Waals surface area contributed by atoms with E-state index < -0.39 is 0 Å². The minimum atomic E-state index is 0.0859. The maximum Gasteiger partial charge on any atom is 0.0959 e. The Labute approximate surface area is 197 Å². The fraction of sp³-hybridized carbons (Fsp3) is 0.483. The van der Waals surface area contributed by atoms with Crippen molar-refractivity contribution in [3.05, 3.63) is 65.9 Å². The Morgan fingerprint density at radius 2 is 1.66 bits per heavy atom. The lowest BCUT2D eigenvalue weighted by molar-refractivity contribution is 0.163. The van der Waals surface area contributed by atoms with Crippen LogP contribution in [0.1, 0.15) is 70.3 Å². The first-order valence-electron chi connectivity index (χ1n) is 12.6. The molecule has 1 aliphatic carbocycles. The van der Waals surface area contributed by atoms with Crippen LogP contribution < -0.4 is 0 Å². The third kappa shape index (κ3) is 4.61. The van der Waals surface area contributed by atoms with Crippen molar-refractivity contribution in [2.75, 3.05) is 13.1 Å². The van der Waals surface area contributed by atoms with Crippen LogP contribution in [0.2, 0.25) is 0 Å². The lowest BCUT2D eigenvalue weighted by Crippen LogP contribution is -2.52. The molecule has 0 bridgehead atoms. The molecule has 3 aliphatic rings. The summed E-state index contributed by atoms with van der Waals surface area (Å²) in [6.45, 7) is 4.79. The summed E-state index contributed by atoms with van der Waals surface area (Å²) in [5.41, 5.74) is 3.95. The smallest absolute Gasteiger partial charge is 0.0959 e. The van der Waals surface area contributed by atoms with Crippen LogP contribution in [0.3, 0.4) is 0 Å². The molecule has 0 N–H and O–H groups in total. The molecule has 0 amide bonds. The van der Waals surface area contributed by atoms with Crippen LogP contribution in [0, 0.1) is 0 Å². The first kappa shape index (κ1) is 22.0. The average molecular weight is 445 g/mol. The van der Waals surface area contributed by atoms with Crippen LogP contribution in [0.25, 0.3) is 16.8 Å². The Hall–Kier alpha value is -1.84. The fourth-order valence-corrected chi connectivity index (χ4v) is 7.60. The highest BCUT2D eigenvalue weighted by Gasteiger charge is 2.43. The van der Waals surface area contributed by atoms with E-state index in [-0.39, 0.29) is 4.87 Å². The molecule has 2 aromatic rings. The second-order valence-corrected chi connectivity index (χ2v) is 11.3. The maximum atomic E-state index is 4.92. The van der Waals surface area contributed by atoms with Crippen molar-refractivity contribution in [1.82, 2.24) is 4.90 Å². The molecule has 2 nitrogen and oxygen atoms in total. The Kier molecular flexibility index (Phi) is 6.85. The number of piperidine rings is 1. The van der Waals surface area contributed by atoms with Crippen LogP contribution >= 0.6 is 11.8 Å². The Morgan fingerprint density at radius 3 is 2.50 bits per heavy atom. The summed E-state index contributed by atoms with van der Waals surface area (Å²) >= 11 is 2.27. The van der Waals surface area contributed by atoms with Gasteiger partial charge in [-0.15, -0.1) is 11.8 Å². The zero-order valence-corrected chi connectivity index (χ0v) is 20.2. The van der Waals surface area contributed by atoms with Gasteiger partial charge in [0.1, 0.15) is 0 Å². The highest BCUT2D eigenvalue weighted by Crippen LogP contribution is 2.48. The summed E-state index contributed by atoms with van der Waals surface area (Å²) in [6.07, 6.45) is 18.8. The van der Waals surface area contributed by atoms with Gasteiger partial charge < -0.3 is 0 Å². The van der Waals surface area contributed by atoms with Crippen molar-refractivity contribution < 1.29 is 0 Å². The van der Waals surface area contributed by atoms with Gasteiger partial charge >= 0.3 is 0 Å². The van der Waals surface area contributed by atoms with Gasteiger partial charge in [0, 0.05) is 23.6 Å². The van der Waals surface area contributed by atoms with E-state index in [9.17, 15) is 0 Å². The van der Waals surface area contributed by atoms with Gasteiger partial charge in [0.25, 0.3) is 0 Å². The van der Waals surface area contributed by atoms with E-state index in [0.29, 0.717) is 0 Å². The van der Waals surface area contributed by atoms with Crippen molar-refractivity contribution >= 4 is 34.3 Å². The van der Waals surface area contributed by atoms with Crippen LogP contribution in [0.5, 0.6) is 0 Å². The first-order chi connectivity index (χ1) is 15.7. The summed E-state index contributed by atoms with van der Waals surface area (Å²) in [4.78, 5) is 7.81. The van der Waals surface area contributed by atoms with Crippen LogP contribution in [0.4, 0.5) is 0 Å². The molecule has 3 heteroatoms. The molecule has 1 atom stereocenters. The van der Waals surface area contributed by atoms with Crippen molar-refractivity contribution in [3.8, 4) is 0 Å². The summed E-state index contributed by atoms with van der Waals surface area (Å²) in [6, 6.07) is 15.2. The minimum Gasteiger partial charge on any atom is -0.285 e. The van der Waals surface area contributed by atoms with Gasteiger partial charge in [0.15, 0.2) is 0 Å². The van der Waals surface area contributed by atoms with E-state index in [1.54, 1.807) is 0 Å². The van der Waals surface area contributed by atoms with Gasteiger partial charge in [-0.1, -0.05) is 74.2 Å². The van der Waals surface area contributed by atoms with Crippen LogP contribution in [-0.4, -0.2) is 33.8 Å². The van der Waals surface area contributed by atoms with Gasteiger partial charge in [0.2, 0.25) is 0 Å². The number of hydrogen-bond donors (Lipinski definition) is 0. The lowest BCUT2D eigenvalue weighted by atomic mass is 9.94. The summed E-state index contributed by atoms with van der Waals surface area (Å²) in [5.74, 6) is 0. The zero-order valence-electron chi connectivity index (χ0n) is 19.4. The molecule has 168 valence electrons. The number of likely N-dealkylation sites (tertiary alicyclic amines) is 1. The number of benzene rings is 2. The first-order valence-corrected chi connectivity index (χ1v) is 13.5. The molecule has 1 saturated carbocycles. The average Bonchev–Trinajstić information content (AvgIpc) is 2.85. The third-order valence-corrected chi connectivity index (χ3v) is 9.44. The van der Waals surface area contributed by atoms with Gasteiger partial charge in [-0.05, 0) is 73.7 Å². The van der Waals surface area contributed by atoms with Crippen molar-refractivity contribution in [2.24, 2.45) is 4.99 Å². The SMILES string of the molecule is CC1=CN=C(C=Cc2cccc3ccccc23)CC1(SC1CCCCC1)N1CCCCC1. The molecule has 2 heterocycles. The monoisotopic (exact) mass is 444 g/mol. The number of hydrogen-bond acceptors (Lipinski definition) is 3. The van der Waals surface area contributed by atoms with E-state index >= 15 is 0 Å². The Balaban J connectivity index is 1.43. The molecule has 1 saturated heterocycles. The van der Waals surface area contributed by atoms with Crippen molar-refractivity contribution in [1.29, 1.82) is 0 Å². The number of fused-ring (bicyclic) bond motifs is 1. The number of aliphatic imine (C=N–C) groups is 1.